The molecule has 1 aromatic rings. The number of allylic oxidation sites excluding steroid dienone is 4. The molecule has 0 saturated heterocycles. The Kier molecular flexibility index (Phi) is 33.8. The van der Waals surface area contributed by atoms with Crippen molar-refractivity contribution in [3.8, 4) is 0 Å². The lowest BCUT2D eigenvalue weighted by Gasteiger charge is -2.25. The van der Waals surface area contributed by atoms with Crippen LogP contribution in [0.5, 0.6) is 0 Å². The summed E-state index contributed by atoms with van der Waals surface area (Å²) in [5.41, 5.74) is 7.30. The SMILES string of the molecule is C=C(CC)CCC(CCC)CCC(=C)CCCCCCCCCC/C=C\CCCCC.C=Cc1cc(C(C)(C)C)cc(C(C)(C)C)c1.CCNCC. The van der Waals surface area contributed by atoms with E-state index in [1.54, 1.807) is 0 Å². The molecule has 0 aliphatic rings. The van der Waals surface area contributed by atoms with E-state index in [-0.39, 0.29) is 10.8 Å². The van der Waals surface area contributed by atoms with Crippen molar-refractivity contribution in [2.24, 2.45) is 5.92 Å². The lowest BCUT2D eigenvalue weighted by Crippen LogP contribution is -2.16. The lowest BCUT2D eigenvalue weighted by molar-refractivity contribution is 0.411. The van der Waals surface area contributed by atoms with Crippen molar-refractivity contribution >= 4 is 6.08 Å². The first kappa shape index (κ1) is 52.2. The first-order valence-electron chi connectivity index (χ1n) is 22.2. The van der Waals surface area contributed by atoms with Gasteiger partial charge in [0.1, 0.15) is 0 Å². The first-order valence-corrected chi connectivity index (χ1v) is 22.2. The maximum atomic E-state index is 4.38. The Morgan fingerprint density at radius 2 is 1.04 bits per heavy atom. The Hall–Kier alpha value is -1.86. The van der Waals surface area contributed by atoms with Crippen LogP contribution in [0.15, 0.2) is 61.2 Å². The van der Waals surface area contributed by atoms with E-state index in [2.05, 4.69) is 132 Å². The van der Waals surface area contributed by atoms with E-state index in [0.29, 0.717) is 0 Å². The van der Waals surface area contributed by atoms with Gasteiger partial charge in [0.15, 0.2) is 0 Å². The summed E-state index contributed by atoms with van der Waals surface area (Å²) in [5, 5.41) is 3.11. The zero-order chi connectivity index (χ0) is 39.7. The van der Waals surface area contributed by atoms with Gasteiger partial charge in [-0.15, -0.1) is 0 Å². The number of hydrogen-bond donors (Lipinski definition) is 1. The van der Waals surface area contributed by atoms with Gasteiger partial charge in [-0.2, -0.15) is 0 Å². The number of rotatable bonds is 27. The van der Waals surface area contributed by atoms with Gasteiger partial charge in [0, 0.05) is 0 Å². The summed E-state index contributed by atoms with van der Waals surface area (Å²) in [6.07, 6.45) is 34.9. The minimum atomic E-state index is 0.193. The van der Waals surface area contributed by atoms with Gasteiger partial charge in [0.25, 0.3) is 0 Å². The average Bonchev–Trinajstić information content (AvgIpc) is 3.10. The first-order chi connectivity index (χ1) is 24.7. The second kappa shape index (κ2) is 33.7. The molecule has 0 spiro atoms. The predicted octanol–water partition coefficient (Wildman–Crippen LogP) is 17.1. The molecule has 1 N–H and O–H groups in total. The van der Waals surface area contributed by atoms with Crippen LogP contribution in [0.1, 0.15) is 228 Å². The highest BCUT2D eigenvalue weighted by Gasteiger charge is 2.19. The fraction of sp³-hybridized carbons (Fsp3) is 0.725. The average molecular weight is 720 g/mol. The largest absolute Gasteiger partial charge is 0.317 e. The summed E-state index contributed by atoms with van der Waals surface area (Å²) in [4.78, 5) is 0. The molecule has 0 radical (unpaired) electrons. The summed E-state index contributed by atoms with van der Waals surface area (Å²) >= 11 is 0. The molecule has 0 fully saturated rings. The third-order valence-corrected chi connectivity index (χ3v) is 10.2. The van der Waals surface area contributed by atoms with Gasteiger partial charge >= 0.3 is 0 Å². The third-order valence-electron chi connectivity index (χ3n) is 10.2. The van der Waals surface area contributed by atoms with Gasteiger partial charge in [-0.3, -0.25) is 0 Å². The molecule has 1 rings (SSSR count). The highest BCUT2D eigenvalue weighted by Crippen LogP contribution is 2.30. The van der Waals surface area contributed by atoms with Crippen LogP contribution in [-0.2, 0) is 10.8 Å². The molecule has 1 aromatic carbocycles. The van der Waals surface area contributed by atoms with E-state index >= 15 is 0 Å². The minimum Gasteiger partial charge on any atom is -0.317 e. The van der Waals surface area contributed by atoms with Crippen molar-refractivity contribution in [3.63, 3.8) is 0 Å². The number of hydrogen-bond acceptors (Lipinski definition) is 1. The molecule has 52 heavy (non-hydrogen) atoms. The molecule has 0 aliphatic carbocycles. The van der Waals surface area contributed by atoms with Crippen molar-refractivity contribution < 1.29 is 0 Å². The molecule has 1 heteroatoms. The monoisotopic (exact) mass is 720 g/mol. The van der Waals surface area contributed by atoms with Crippen molar-refractivity contribution in [3.05, 3.63) is 77.9 Å². The summed E-state index contributed by atoms with van der Waals surface area (Å²) in [6.45, 7) is 39.2. The minimum absolute atomic E-state index is 0.193. The van der Waals surface area contributed by atoms with Crippen LogP contribution in [0.4, 0.5) is 0 Å². The number of unbranched alkanes of at least 4 members (excludes halogenated alkanes) is 11. The Labute approximate surface area is 329 Å². The quantitative estimate of drug-likeness (QED) is 0.0705. The Morgan fingerprint density at radius 1 is 0.577 bits per heavy atom. The van der Waals surface area contributed by atoms with Crippen LogP contribution in [-0.4, -0.2) is 13.1 Å². The van der Waals surface area contributed by atoms with Gasteiger partial charge in [-0.05, 0) is 117 Å². The second-order valence-electron chi connectivity index (χ2n) is 17.4. The molecule has 0 aromatic heterocycles. The maximum Gasteiger partial charge on any atom is -0.00775 e. The molecular weight excluding hydrogens is 627 g/mol. The molecule has 0 bridgehead atoms. The summed E-state index contributed by atoms with van der Waals surface area (Å²) < 4.78 is 0. The van der Waals surface area contributed by atoms with Crippen molar-refractivity contribution in [1.29, 1.82) is 0 Å². The fourth-order valence-corrected chi connectivity index (χ4v) is 6.29. The summed E-state index contributed by atoms with van der Waals surface area (Å²) in [6, 6.07) is 6.80. The summed E-state index contributed by atoms with van der Waals surface area (Å²) in [7, 11) is 0. The zero-order valence-electron chi connectivity index (χ0n) is 37.4. The molecule has 1 unspecified atom stereocenters. The Morgan fingerprint density at radius 3 is 1.44 bits per heavy atom. The van der Waals surface area contributed by atoms with Crippen LogP contribution in [0, 0.1) is 5.92 Å². The standard InChI is InChI=1S/C31H58.C16H24.C4H11N/c1-6-9-10-11-12-13-14-15-16-17-18-19-20-21-22-24-30(5)26-28-31(23-7-2)27-25-29(4)8-3;1-8-12-9-13(15(2,3)4)11-14(10-12)16(5,6)7;1-3-5-4-2/h12-13,31H,4-11,14-28H2,1-3H3;8-11H,1H2,2-7H3;5H,3-4H2,1-2H3/b13-12-;;. The highest BCUT2D eigenvalue weighted by molar-refractivity contribution is 5.52. The fourth-order valence-electron chi connectivity index (χ4n) is 6.29. The van der Waals surface area contributed by atoms with E-state index in [0.717, 1.165) is 25.4 Å². The molecular formula is C51H93N. The van der Waals surface area contributed by atoms with Gasteiger partial charge in [0.2, 0.25) is 0 Å². The predicted molar refractivity (Wildman–Crippen MR) is 243 cm³/mol. The number of nitrogens with one attached hydrogen (secondary N) is 1. The second-order valence-corrected chi connectivity index (χ2v) is 17.4. The van der Waals surface area contributed by atoms with Crippen LogP contribution in [0.25, 0.3) is 6.08 Å². The molecule has 0 amide bonds. The van der Waals surface area contributed by atoms with Crippen molar-refractivity contribution in [2.75, 3.05) is 13.1 Å². The maximum absolute atomic E-state index is 4.38. The van der Waals surface area contributed by atoms with E-state index in [1.807, 2.05) is 6.08 Å². The van der Waals surface area contributed by atoms with Gasteiger partial charge < -0.3 is 5.32 Å². The lowest BCUT2D eigenvalue weighted by atomic mass is 9.79. The van der Waals surface area contributed by atoms with Gasteiger partial charge in [-0.25, -0.2) is 0 Å². The molecule has 1 nitrogen and oxygen atoms in total. The molecule has 0 saturated carbocycles. The van der Waals surface area contributed by atoms with Crippen molar-refractivity contribution in [1.82, 2.24) is 5.32 Å². The van der Waals surface area contributed by atoms with Crippen molar-refractivity contribution in [2.45, 2.75) is 222 Å². The normalized spacial score (nSPS) is 12.1. The highest BCUT2D eigenvalue weighted by atomic mass is 14.8. The van der Waals surface area contributed by atoms with E-state index in [4.69, 9.17) is 0 Å². The van der Waals surface area contributed by atoms with Crippen LogP contribution < -0.4 is 5.32 Å². The molecule has 0 heterocycles. The zero-order valence-corrected chi connectivity index (χ0v) is 37.4. The van der Waals surface area contributed by atoms with E-state index in [9.17, 15) is 0 Å². The topological polar surface area (TPSA) is 12.0 Å². The molecule has 1 atom stereocenters. The van der Waals surface area contributed by atoms with E-state index < -0.39 is 0 Å². The Balaban J connectivity index is 0. The Bertz CT molecular complexity index is 992. The van der Waals surface area contributed by atoms with Gasteiger partial charge in [-0.1, -0.05) is 208 Å². The van der Waals surface area contributed by atoms with Crippen LogP contribution in [0.3, 0.4) is 0 Å². The molecule has 302 valence electrons. The summed E-state index contributed by atoms with van der Waals surface area (Å²) in [5.74, 6) is 0.876. The van der Waals surface area contributed by atoms with Gasteiger partial charge in [0.05, 0.1) is 0 Å². The van der Waals surface area contributed by atoms with E-state index in [1.165, 1.54) is 156 Å². The number of benzene rings is 1. The van der Waals surface area contributed by atoms with Crippen LogP contribution >= 0.6 is 0 Å². The van der Waals surface area contributed by atoms with Crippen LogP contribution in [0.2, 0.25) is 0 Å². The molecule has 0 aliphatic heterocycles. The third kappa shape index (κ3) is 31.6. The smallest absolute Gasteiger partial charge is 0.00775 e.